The van der Waals surface area contributed by atoms with Gasteiger partial charge in [0.05, 0.1) is 5.92 Å². The molecule has 1 atom stereocenters. The highest BCUT2D eigenvalue weighted by molar-refractivity contribution is 5.77. The van der Waals surface area contributed by atoms with E-state index >= 15 is 0 Å². The van der Waals surface area contributed by atoms with Crippen molar-refractivity contribution in [3.63, 3.8) is 0 Å². The van der Waals surface area contributed by atoms with Gasteiger partial charge in [-0.25, -0.2) is 4.98 Å². The van der Waals surface area contributed by atoms with Crippen LogP contribution in [-0.2, 0) is 11.0 Å². The van der Waals surface area contributed by atoms with Gasteiger partial charge in [0, 0.05) is 24.8 Å². The number of halogens is 3. The first-order valence-electron chi connectivity index (χ1n) is 7.11. The molecule has 1 aliphatic rings. The van der Waals surface area contributed by atoms with Gasteiger partial charge >= 0.3 is 6.18 Å². The van der Waals surface area contributed by atoms with E-state index in [2.05, 4.69) is 15.1 Å². The lowest BCUT2D eigenvalue weighted by Crippen LogP contribution is -2.42. The van der Waals surface area contributed by atoms with Gasteiger partial charge in [0.25, 0.3) is 11.6 Å². The summed E-state index contributed by atoms with van der Waals surface area (Å²) in [5.74, 6) is -1.67. The molecule has 1 saturated heterocycles. The molecule has 0 bridgehead atoms. The van der Waals surface area contributed by atoms with Gasteiger partial charge in [-0.3, -0.25) is 4.79 Å². The smallest absolute Gasteiger partial charge is 0.369 e. The minimum Gasteiger partial charge on any atom is -0.369 e. The quantitative estimate of drug-likeness (QED) is 0.893. The largest absolute Gasteiger partial charge is 0.453 e. The number of rotatable bonds is 2. The number of aromatic nitrogens is 4. The molecule has 1 aliphatic heterocycles. The van der Waals surface area contributed by atoms with Crippen LogP contribution in [0.1, 0.15) is 24.4 Å². The van der Waals surface area contributed by atoms with Crippen LogP contribution in [0.4, 0.5) is 19.0 Å². The molecule has 124 valence electrons. The zero-order valence-electron chi connectivity index (χ0n) is 12.3. The summed E-state index contributed by atoms with van der Waals surface area (Å²) in [5, 5.41) is 3.53. The number of nitrogens with two attached hydrogens (primary N) is 1. The van der Waals surface area contributed by atoms with Crippen molar-refractivity contribution in [1.82, 2.24) is 19.6 Å². The molecule has 1 fully saturated rings. The lowest BCUT2D eigenvalue weighted by atomic mass is 9.97. The number of hydrogen-bond donors (Lipinski definition) is 1. The summed E-state index contributed by atoms with van der Waals surface area (Å²) in [6.07, 6.45) is -3.25. The summed E-state index contributed by atoms with van der Waals surface area (Å²) in [4.78, 5) is 20.6. The van der Waals surface area contributed by atoms with Crippen molar-refractivity contribution in [2.75, 3.05) is 18.0 Å². The Balaban J connectivity index is 2.06. The van der Waals surface area contributed by atoms with E-state index in [9.17, 15) is 18.0 Å². The molecule has 0 unspecified atom stereocenters. The molecule has 10 heteroatoms. The van der Waals surface area contributed by atoms with Crippen LogP contribution in [0.2, 0.25) is 0 Å². The zero-order chi connectivity index (χ0) is 16.8. The molecule has 0 spiro atoms. The number of hydrogen-bond acceptors (Lipinski definition) is 5. The molecular formula is C13H15F3N6O. The number of piperidine rings is 1. The van der Waals surface area contributed by atoms with Crippen molar-refractivity contribution in [1.29, 1.82) is 0 Å². The van der Waals surface area contributed by atoms with Gasteiger partial charge in [-0.15, -0.1) is 5.10 Å². The summed E-state index contributed by atoms with van der Waals surface area (Å²) in [6, 6.07) is 1.63. The van der Waals surface area contributed by atoms with Crippen LogP contribution in [0.25, 0.3) is 5.78 Å². The molecule has 7 nitrogen and oxygen atoms in total. The van der Waals surface area contributed by atoms with Crippen molar-refractivity contribution >= 4 is 17.5 Å². The number of carbonyl (C=O) groups excluding carboxylic acids is 1. The summed E-state index contributed by atoms with van der Waals surface area (Å²) < 4.78 is 39.6. The lowest BCUT2D eigenvalue weighted by molar-refractivity contribution is -0.144. The van der Waals surface area contributed by atoms with E-state index in [1.54, 1.807) is 17.9 Å². The number of alkyl halides is 3. The molecule has 0 saturated carbocycles. The topological polar surface area (TPSA) is 89.4 Å². The molecule has 1 amide bonds. The first-order chi connectivity index (χ1) is 10.8. The highest BCUT2D eigenvalue weighted by atomic mass is 19.4. The Labute approximate surface area is 129 Å². The number of aryl methyl sites for hydroxylation is 1. The number of amides is 1. The summed E-state index contributed by atoms with van der Waals surface area (Å²) in [7, 11) is 0. The molecule has 2 aromatic rings. The predicted octanol–water partition coefficient (Wildman–Crippen LogP) is 1.15. The van der Waals surface area contributed by atoms with E-state index in [-0.39, 0.29) is 11.7 Å². The Kier molecular flexibility index (Phi) is 3.61. The second-order valence-corrected chi connectivity index (χ2v) is 5.59. The maximum absolute atomic E-state index is 12.8. The third-order valence-corrected chi connectivity index (χ3v) is 3.82. The molecular weight excluding hydrogens is 313 g/mol. The molecule has 0 radical (unpaired) electrons. The predicted molar refractivity (Wildman–Crippen MR) is 74.7 cm³/mol. The van der Waals surface area contributed by atoms with Gasteiger partial charge in [-0.05, 0) is 19.8 Å². The summed E-state index contributed by atoms with van der Waals surface area (Å²) in [6.45, 7) is 2.61. The number of fused-ring (bicyclic) bond motifs is 1. The van der Waals surface area contributed by atoms with Crippen molar-refractivity contribution in [3.05, 3.63) is 17.6 Å². The molecule has 0 aliphatic carbocycles. The number of nitrogens with zero attached hydrogens (tertiary/aromatic N) is 5. The molecule has 2 aromatic heterocycles. The van der Waals surface area contributed by atoms with Crippen molar-refractivity contribution < 1.29 is 18.0 Å². The fourth-order valence-corrected chi connectivity index (χ4v) is 2.73. The lowest BCUT2D eigenvalue weighted by Gasteiger charge is -2.32. The van der Waals surface area contributed by atoms with E-state index in [0.29, 0.717) is 31.0 Å². The normalized spacial score (nSPS) is 19.3. The molecule has 0 aromatic carbocycles. The van der Waals surface area contributed by atoms with Crippen LogP contribution in [0.5, 0.6) is 0 Å². The maximum Gasteiger partial charge on any atom is 0.453 e. The number of anilines is 1. The second kappa shape index (κ2) is 5.36. The average Bonchev–Trinajstić information content (AvgIpc) is 2.90. The average molecular weight is 328 g/mol. The minimum atomic E-state index is -4.64. The van der Waals surface area contributed by atoms with E-state index in [1.807, 2.05) is 0 Å². The third-order valence-electron chi connectivity index (χ3n) is 3.82. The van der Waals surface area contributed by atoms with Crippen molar-refractivity contribution in [2.45, 2.75) is 25.9 Å². The molecule has 23 heavy (non-hydrogen) atoms. The van der Waals surface area contributed by atoms with E-state index in [4.69, 9.17) is 5.73 Å². The first kappa shape index (κ1) is 15.5. The van der Waals surface area contributed by atoms with Gasteiger partial charge < -0.3 is 10.6 Å². The molecule has 2 N–H and O–H groups in total. The van der Waals surface area contributed by atoms with Crippen LogP contribution in [-0.4, -0.2) is 38.6 Å². The van der Waals surface area contributed by atoms with Gasteiger partial charge in [-0.1, -0.05) is 0 Å². The van der Waals surface area contributed by atoms with E-state index in [1.165, 1.54) is 0 Å². The van der Waals surface area contributed by atoms with Crippen LogP contribution < -0.4 is 10.6 Å². The van der Waals surface area contributed by atoms with Gasteiger partial charge in [-0.2, -0.15) is 22.7 Å². The van der Waals surface area contributed by atoms with Gasteiger partial charge in [0.2, 0.25) is 5.91 Å². The fourth-order valence-electron chi connectivity index (χ4n) is 2.73. The Morgan fingerprint density at radius 1 is 1.39 bits per heavy atom. The van der Waals surface area contributed by atoms with Gasteiger partial charge in [0.1, 0.15) is 5.82 Å². The minimum absolute atomic E-state index is 0.117. The Morgan fingerprint density at radius 2 is 2.13 bits per heavy atom. The molecule has 3 rings (SSSR count). The molecule has 3 heterocycles. The van der Waals surface area contributed by atoms with Crippen LogP contribution in [0, 0.1) is 12.8 Å². The number of carbonyl (C=O) groups is 1. The van der Waals surface area contributed by atoms with Crippen LogP contribution >= 0.6 is 0 Å². The Bertz CT molecular complexity index is 756. The van der Waals surface area contributed by atoms with E-state index in [0.717, 1.165) is 10.9 Å². The monoisotopic (exact) mass is 328 g/mol. The van der Waals surface area contributed by atoms with E-state index < -0.39 is 17.9 Å². The third kappa shape index (κ3) is 2.92. The number of primary amides is 1. The van der Waals surface area contributed by atoms with Crippen molar-refractivity contribution in [2.24, 2.45) is 11.7 Å². The summed E-state index contributed by atoms with van der Waals surface area (Å²) >= 11 is 0. The Hall–Kier alpha value is -2.39. The Morgan fingerprint density at radius 3 is 2.78 bits per heavy atom. The van der Waals surface area contributed by atoms with Crippen LogP contribution in [0.15, 0.2) is 6.07 Å². The highest BCUT2D eigenvalue weighted by Crippen LogP contribution is 2.29. The SMILES string of the molecule is Cc1cc(N2CCC[C@@H](C(N)=O)C2)n2nc(C(F)(F)F)nc2n1. The zero-order valence-corrected chi connectivity index (χ0v) is 12.3. The second-order valence-electron chi connectivity index (χ2n) is 5.59. The first-order valence-corrected chi connectivity index (χ1v) is 7.11. The highest BCUT2D eigenvalue weighted by Gasteiger charge is 2.37. The standard InChI is InChI=1S/C13H15F3N6O/c1-7-5-9(21-4-2-3-8(6-21)10(17)23)22-12(18-7)19-11(20-22)13(14,15)16/h5,8H,2-4,6H2,1H3,(H2,17,23)/t8-/m1/s1. The summed E-state index contributed by atoms with van der Waals surface area (Å²) in [5.41, 5.74) is 5.87. The van der Waals surface area contributed by atoms with Gasteiger partial charge in [0.15, 0.2) is 0 Å². The maximum atomic E-state index is 12.8. The fraction of sp³-hybridized carbons (Fsp3) is 0.538. The van der Waals surface area contributed by atoms with Crippen molar-refractivity contribution in [3.8, 4) is 0 Å². The van der Waals surface area contributed by atoms with Crippen LogP contribution in [0.3, 0.4) is 0 Å².